The first-order valence-electron chi connectivity index (χ1n) is 7.18. The molecule has 19 heavy (non-hydrogen) atoms. The summed E-state index contributed by atoms with van der Waals surface area (Å²) in [4.78, 5) is 0. The van der Waals surface area contributed by atoms with E-state index in [4.69, 9.17) is 5.73 Å². The highest BCUT2D eigenvalue weighted by Crippen LogP contribution is 2.38. The highest BCUT2D eigenvalue weighted by atomic mass is 79.9. The molecule has 0 saturated heterocycles. The monoisotopic (exact) mass is 324 g/mol. The molecule has 2 nitrogen and oxygen atoms in total. The minimum absolute atomic E-state index is 0.0598. The van der Waals surface area contributed by atoms with Crippen molar-refractivity contribution in [1.29, 1.82) is 0 Å². The smallest absolute Gasteiger partial charge is 0.0500 e. The first kappa shape index (κ1) is 14.9. The molecule has 0 heterocycles. The lowest BCUT2D eigenvalue weighted by Crippen LogP contribution is -2.50. The Morgan fingerprint density at radius 3 is 2.42 bits per heavy atom. The van der Waals surface area contributed by atoms with Gasteiger partial charge in [-0.3, -0.25) is 0 Å². The van der Waals surface area contributed by atoms with Crippen LogP contribution in [0, 0.1) is 18.8 Å². The van der Waals surface area contributed by atoms with Gasteiger partial charge in [0.2, 0.25) is 0 Å². The van der Waals surface area contributed by atoms with E-state index in [-0.39, 0.29) is 5.54 Å². The third-order valence-corrected chi connectivity index (χ3v) is 4.58. The molecule has 2 unspecified atom stereocenters. The quantitative estimate of drug-likeness (QED) is 0.868. The van der Waals surface area contributed by atoms with E-state index in [9.17, 15) is 0 Å². The highest BCUT2D eigenvalue weighted by Gasteiger charge is 2.36. The number of anilines is 1. The zero-order valence-corrected chi connectivity index (χ0v) is 13.8. The summed E-state index contributed by atoms with van der Waals surface area (Å²) in [6.45, 7) is 7.51. The number of rotatable bonds is 3. The van der Waals surface area contributed by atoms with E-state index in [1.807, 2.05) is 0 Å². The number of nitrogens with one attached hydrogen (secondary N) is 1. The molecule has 1 saturated carbocycles. The van der Waals surface area contributed by atoms with Crippen molar-refractivity contribution in [2.24, 2.45) is 17.6 Å². The van der Waals surface area contributed by atoms with Crippen molar-refractivity contribution < 1.29 is 0 Å². The Bertz CT molecular complexity index is 414. The van der Waals surface area contributed by atoms with Crippen LogP contribution < -0.4 is 11.1 Å². The van der Waals surface area contributed by atoms with Crippen LogP contribution in [0.2, 0.25) is 0 Å². The van der Waals surface area contributed by atoms with Crippen molar-refractivity contribution in [1.82, 2.24) is 0 Å². The second kappa shape index (κ2) is 5.84. The summed E-state index contributed by atoms with van der Waals surface area (Å²) < 4.78 is 1.12. The lowest BCUT2D eigenvalue weighted by molar-refractivity contribution is 0.205. The molecule has 0 amide bonds. The SMILES string of the molecule is Cc1cc(Br)cc(NC2(CN)CC(C)CC(C)C2)c1. The molecule has 1 aliphatic carbocycles. The number of aryl methyl sites for hydroxylation is 1. The van der Waals surface area contributed by atoms with E-state index in [2.05, 4.69) is 60.2 Å². The summed E-state index contributed by atoms with van der Waals surface area (Å²) in [6, 6.07) is 6.48. The van der Waals surface area contributed by atoms with Crippen LogP contribution in [0.3, 0.4) is 0 Å². The number of nitrogens with two attached hydrogens (primary N) is 1. The maximum Gasteiger partial charge on any atom is 0.0500 e. The van der Waals surface area contributed by atoms with Gasteiger partial charge in [0.15, 0.2) is 0 Å². The maximum atomic E-state index is 6.11. The molecule has 3 heteroatoms. The van der Waals surface area contributed by atoms with Gasteiger partial charge < -0.3 is 11.1 Å². The van der Waals surface area contributed by atoms with Crippen LogP contribution >= 0.6 is 15.9 Å². The fourth-order valence-electron chi connectivity index (χ4n) is 3.71. The van der Waals surface area contributed by atoms with Gasteiger partial charge in [-0.05, 0) is 61.8 Å². The van der Waals surface area contributed by atoms with E-state index < -0.39 is 0 Å². The van der Waals surface area contributed by atoms with Crippen LogP contribution in [0.4, 0.5) is 5.69 Å². The Morgan fingerprint density at radius 1 is 1.26 bits per heavy atom. The van der Waals surface area contributed by atoms with Gasteiger partial charge in [0, 0.05) is 16.7 Å². The molecular weight excluding hydrogens is 300 g/mol. The van der Waals surface area contributed by atoms with Crippen molar-refractivity contribution in [2.75, 3.05) is 11.9 Å². The zero-order valence-electron chi connectivity index (χ0n) is 12.2. The second-order valence-corrected chi connectivity index (χ2v) is 7.40. The van der Waals surface area contributed by atoms with Crippen molar-refractivity contribution in [3.8, 4) is 0 Å². The first-order valence-corrected chi connectivity index (χ1v) is 7.97. The topological polar surface area (TPSA) is 38.0 Å². The molecule has 2 atom stereocenters. The van der Waals surface area contributed by atoms with Gasteiger partial charge in [0.05, 0.1) is 5.54 Å². The lowest BCUT2D eigenvalue weighted by Gasteiger charge is -2.43. The lowest BCUT2D eigenvalue weighted by atomic mass is 9.71. The summed E-state index contributed by atoms with van der Waals surface area (Å²) in [6.07, 6.45) is 3.65. The molecule has 0 aromatic heterocycles. The summed E-state index contributed by atoms with van der Waals surface area (Å²) in [5.74, 6) is 1.49. The Morgan fingerprint density at radius 2 is 1.89 bits per heavy atom. The van der Waals surface area contributed by atoms with Gasteiger partial charge in [0.25, 0.3) is 0 Å². The largest absolute Gasteiger partial charge is 0.378 e. The van der Waals surface area contributed by atoms with Crippen molar-refractivity contribution in [3.63, 3.8) is 0 Å². The minimum Gasteiger partial charge on any atom is -0.378 e. The van der Waals surface area contributed by atoms with Gasteiger partial charge in [-0.2, -0.15) is 0 Å². The van der Waals surface area contributed by atoms with Gasteiger partial charge in [-0.1, -0.05) is 29.8 Å². The Kier molecular flexibility index (Phi) is 4.57. The number of benzene rings is 1. The molecule has 0 bridgehead atoms. The van der Waals surface area contributed by atoms with Crippen molar-refractivity contribution >= 4 is 21.6 Å². The van der Waals surface area contributed by atoms with Gasteiger partial charge >= 0.3 is 0 Å². The molecule has 1 aromatic carbocycles. The van der Waals surface area contributed by atoms with E-state index in [1.54, 1.807) is 0 Å². The standard InChI is InChI=1S/C16H25BrN2/c1-11-5-14(17)7-15(6-11)19-16(10-18)8-12(2)4-13(3)9-16/h5-7,12-13,19H,4,8-10,18H2,1-3H3. The van der Waals surface area contributed by atoms with Crippen LogP contribution in [0.1, 0.15) is 38.7 Å². The summed E-state index contributed by atoms with van der Waals surface area (Å²) in [7, 11) is 0. The first-order chi connectivity index (χ1) is 8.92. The molecule has 3 N–H and O–H groups in total. The number of halogens is 1. The Balaban J connectivity index is 2.22. The fourth-order valence-corrected chi connectivity index (χ4v) is 4.31. The van der Waals surface area contributed by atoms with Crippen LogP contribution in [0.5, 0.6) is 0 Å². The number of hydrogen-bond donors (Lipinski definition) is 2. The minimum atomic E-state index is 0.0598. The molecule has 2 rings (SSSR count). The van der Waals surface area contributed by atoms with Crippen LogP contribution in [0.25, 0.3) is 0 Å². The predicted molar refractivity (Wildman–Crippen MR) is 86.5 cm³/mol. The van der Waals surface area contributed by atoms with Crippen LogP contribution in [-0.4, -0.2) is 12.1 Å². The predicted octanol–water partition coefficient (Wildman–Crippen LogP) is 4.32. The van der Waals surface area contributed by atoms with Gasteiger partial charge in [-0.15, -0.1) is 0 Å². The van der Waals surface area contributed by atoms with Crippen LogP contribution in [-0.2, 0) is 0 Å². The number of hydrogen-bond acceptors (Lipinski definition) is 2. The summed E-state index contributed by atoms with van der Waals surface area (Å²) in [5.41, 5.74) is 8.62. The van der Waals surface area contributed by atoms with E-state index in [0.717, 1.165) is 16.3 Å². The molecular formula is C16H25BrN2. The molecule has 1 aliphatic rings. The third-order valence-electron chi connectivity index (χ3n) is 4.13. The summed E-state index contributed by atoms with van der Waals surface area (Å²) >= 11 is 3.57. The molecule has 1 fully saturated rings. The third kappa shape index (κ3) is 3.73. The second-order valence-electron chi connectivity index (χ2n) is 6.48. The van der Waals surface area contributed by atoms with Crippen LogP contribution in [0.15, 0.2) is 22.7 Å². The summed E-state index contributed by atoms with van der Waals surface area (Å²) in [5, 5.41) is 3.73. The van der Waals surface area contributed by atoms with Crippen molar-refractivity contribution in [3.05, 3.63) is 28.2 Å². The molecule has 0 spiro atoms. The molecule has 0 aliphatic heterocycles. The fraction of sp³-hybridized carbons (Fsp3) is 0.625. The highest BCUT2D eigenvalue weighted by molar-refractivity contribution is 9.10. The van der Waals surface area contributed by atoms with Gasteiger partial charge in [0.1, 0.15) is 0 Å². The zero-order chi connectivity index (χ0) is 14.0. The Labute approximate surface area is 125 Å². The van der Waals surface area contributed by atoms with E-state index >= 15 is 0 Å². The van der Waals surface area contributed by atoms with Gasteiger partial charge in [-0.25, -0.2) is 0 Å². The molecule has 0 radical (unpaired) electrons. The maximum absolute atomic E-state index is 6.11. The molecule has 106 valence electrons. The normalized spacial score (nSPS) is 31.2. The van der Waals surface area contributed by atoms with E-state index in [0.29, 0.717) is 6.54 Å². The Hall–Kier alpha value is -0.540. The average molecular weight is 325 g/mol. The average Bonchev–Trinajstić information content (AvgIpc) is 2.25. The van der Waals surface area contributed by atoms with Crippen molar-refractivity contribution in [2.45, 2.75) is 45.6 Å². The van der Waals surface area contributed by atoms with E-state index in [1.165, 1.54) is 30.5 Å². The molecule has 1 aromatic rings.